The molecule has 0 aliphatic rings. The first-order valence-corrected chi connectivity index (χ1v) is 12.0. The van der Waals surface area contributed by atoms with Crippen molar-refractivity contribution in [3.63, 3.8) is 0 Å². The number of amides is 1. The van der Waals surface area contributed by atoms with E-state index in [0.717, 1.165) is 23.9 Å². The minimum atomic E-state index is -3.65. The minimum absolute atomic E-state index is 0.0949. The number of aromatic nitrogens is 2. The molecule has 12 heteroatoms. The molecular formula is C20H20F2N4O4S2. The number of thioether (sulfide) groups is 1. The number of anilines is 1. The summed E-state index contributed by atoms with van der Waals surface area (Å²) in [5.41, 5.74) is 0.538. The number of rotatable bonds is 9. The van der Waals surface area contributed by atoms with E-state index in [0.29, 0.717) is 18.7 Å². The third-order valence-electron chi connectivity index (χ3n) is 4.36. The Hall–Kier alpha value is -2.83. The van der Waals surface area contributed by atoms with Crippen LogP contribution in [0.25, 0.3) is 11.5 Å². The van der Waals surface area contributed by atoms with Crippen LogP contribution in [0.2, 0.25) is 0 Å². The molecule has 0 fully saturated rings. The fourth-order valence-corrected chi connectivity index (χ4v) is 4.85. The first-order chi connectivity index (χ1) is 15.2. The predicted molar refractivity (Wildman–Crippen MR) is 116 cm³/mol. The van der Waals surface area contributed by atoms with Crippen molar-refractivity contribution < 1.29 is 26.4 Å². The van der Waals surface area contributed by atoms with E-state index < -0.39 is 27.6 Å². The van der Waals surface area contributed by atoms with Gasteiger partial charge in [-0.25, -0.2) is 17.2 Å². The average molecular weight is 483 g/mol. The fraction of sp³-hybridized carbons (Fsp3) is 0.250. The second-order valence-electron chi connectivity index (χ2n) is 6.46. The zero-order valence-corrected chi connectivity index (χ0v) is 18.8. The molecule has 1 N–H and O–H groups in total. The molecule has 1 amide bonds. The highest BCUT2D eigenvalue weighted by Crippen LogP contribution is 2.26. The van der Waals surface area contributed by atoms with Crippen molar-refractivity contribution in [3.8, 4) is 11.5 Å². The summed E-state index contributed by atoms with van der Waals surface area (Å²) < 4.78 is 58.5. The molecule has 0 spiro atoms. The summed E-state index contributed by atoms with van der Waals surface area (Å²) in [6, 6.07) is 9.19. The zero-order valence-electron chi connectivity index (χ0n) is 17.2. The van der Waals surface area contributed by atoms with Gasteiger partial charge >= 0.3 is 0 Å². The second-order valence-corrected chi connectivity index (χ2v) is 9.32. The standard InChI is InChI=1S/C20H20F2N4O4S2/c1-3-26(4-2)32(28,29)15-7-5-6-13(10-15)19-24-25-20(30-19)31-12-18(27)23-14-8-9-16(21)17(22)11-14/h5-11H,3-4,12H2,1-2H3,(H,23,27). The van der Waals surface area contributed by atoms with E-state index in [1.165, 1.54) is 22.5 Å². The van der Waals surface area contributed by atoms with Crippen molar-refractivity contribution in [2.45, 2.75) is 24.0 Å². The lowest BCUT2D eigenvalue weighted by Crippen LogP contribution is -2.30. The molecule has 0 radical (unpaired) electrons. The van der Waals surface area contributed by atoms with Crippen molar-refractivity contribution in [1.29, 1.82) is 0 Å². The van der Waals surface area contributed by atoms with Gasteiger partial charge in [0, 0.05) is 30.4 Å². The number of carbonyl (C=O) groups is 1. The van der Waals surface area contributed by atoms with Gasteiger partial charge in [-0.3, -0.25) is 4.79 Å². The van der Waals surface area contributed by atoms with Crippen molar-refractivity contribution in [2.75, 3.05) is 24.2 Å². The molecule has 3 aromatic rings. The molecule has 0 aliphatic heterocycles. The van der Waals surface area contributed by atoms with Crippen LogP contribution in [0.15, 0.2) is 57.0 Å². The third kappa shape index (κ3) is 5.50. The normalized spacial score (nSPS) is 11.7. The highest BCUT2D eigenvalue weighted by Gasteiger charge is 2.22. The van der Waals surface area contributed by atoms with Gasteiger partial charge in [0.05, 0.1) is 10.6 Å². The van der Waals surface area contributed by atoms with E-state index in [-0.39, 0.29) is 27.4 Å². The van der Waals surface area contributed by atoms with Crippen LogP contribution in [-0.2, 0) is 14.8 Å². The summed E-state index contributed by atoms with van der Waals surface area (Å²) in [5.74, 6) is -2.57. The Morgan fingerprint density at radius 3 is 2.53 bits per heavy atom. The Kier molecular flexibility index (Phi) is 7.59. The van der Waals surface area contributed by atoms with Gasteiger partial charge < -0.3 is 9.73 Å². The van der Waals surface area contributed by atoms with Gasteiger partial charge in [0.2, 0.25) is 21.8 Å². The summed E-state index contributed by atoms with van der Waals surface area (Å²) in [6.07, 6.45) is 0. The summed E-state index contributed by atoms with van der Waals surface area (Å²) in [5, 5.41) is 10.3. The van der Waals surface area contributed by atoms with E-state index >= 15 is 0 Å². The van der Waals surface area contributed by atoms with Gasteiger partial charge in [0.1, 0.15) is 0 Å². The highest BCUT2D eigenvalue weighted by atomic mass is 32.2. The molecule has 2 aromatic carbocycles. The fourth-order valence-electron chi connectivity index (χ4n) is 2.79. The first kappa shape index (κ1) is 23.8. The highest BCUT2D eigenvalue weighted by molar-refractivity contribution is 7.99. The third-order valence-corrected chi connectivity index (χ3v) is 7.23. The van der Waals surface area contributed by atoms with Crippen LogP contribution >= 0.6 is 11.8 Å². The molecule has 0 unspecified atom stereocenters. The Bertz CT molecular complexity index is 1210. The van der Waals surface area contributed by atoms with Crippen molar-refractivity contribution in [3.05, 3.63) is 54.1 Å². The van der Waals surface area contributed by atoms with Crippen LogP contribution in [0.5, 0.6) is 0 Å². The lowest BCUT2D eigenvalue weighted by Gasteiger charge is -2.18. The van der Waals surface area contributed by atoms with Gasteiger partial charge in [-0.15, -0.1) is 10.2 Å². The Balaban J connectivity index is 1.67. The Morgan fingerprint density at radius 2 is 1.84 bits per heavy atom. The number of sulfonamides is 1. The van der Waals surface area contributed by atoms with E-state index in [9.17, 15) is 22.0 Å². The maximum Gasteiger partial charge on any atom is 0.277 e. The van der Waals surface area contributed by atoms with Gasteiger partial charge in [0.25, 0.3) is 5.22 Å². The van der Waals surface area contributed by atoms with E-state index in [2.05, 4.69) is 15.5 Å². The Labute approximate surface area is 188 Å². The molecule has 1 heterocycles. The molecule has 3 rings (SSSR count). The predicted octanol–water partition coefficient (Wildman–Crippen LogP) is 3.78. The molecule has 170 valence electrons. The quantitative estimate of drug-likeness (QED) is 0.463. The van der Waals surface area contributed by atoms with Crippen LogP contribution in [-0.4, -0.2) is 47.7 Å². The average Bonchev–Trinajstić information content (AvgIpc) is 3.25. The SMILES string of the molecule is CCN(CC)S(=O)(=O)c1cccc(-c2nnc(SCC(=O)Nc3ccc(F)c(F)c3)o2)c1. The number of hydrogen-bond donors (Lipinski definition) is 1. The number of nitrogens with zero attached hydrogens (tertiary/aromatic N) is 3. The lowest BCUT2D eigenvalue weighted by molar-refractivity contribution is -0.113. The Morgan fingerprint density at radius 1 is 1.09 bits per heavy atom. The molecule has 0 saturated carbocycles. The maximum absolute atomic E-state index is 13.2. The first-order valence-electron chi connectivity index (χ1n) is 9.56. The summed E-state index contributed by atoms with van der Waals surface area (Å²) in [6.45, 7) is 4.21. The second kappa shape index (κ2) is 10.2. The minimum Gasteiger partial charge on any atom is -0.411 e. The number of carbonyl (C=O) groups excluding carboxylic acids is 1. The molecule has 8 nitrogen and oxygen atoms in total. The molecule has 0 bridgehead atoms. The van der Waals surface area contributed by atoms with Crippen LogP contribution in [0, 0.1) is 11.6 Å². The van der Waals surface area contributed by atoms with E-state index in [1.807, 2.05) is 0 Å². The van der Waals surface area contributed by atoms with Gasteiger partial charge in [-0.1, -0.05) is 31.7 Å². The van der Waals surface area contributed by atoms with Crippen LogP contribution < -0.4 is 5.32 Å². The van der Waals surface area contributed by atoms with Crippen molar-refractivity contribution in [2.24, 2.45) is 0 Å². The lowest BCUT2D eigenvalue weighted by atomic mass is 10.2. The van der Waals surface area contributed by atoms with Crippen molar-refractivity contribution >= 4 is 33.4 Å². The monoisotopic (exact) mass is 482 g/mol. The largest absolute Gasteiger partial charge is 0.411 e. The summed E-state index contributed by atoms with van der Waals surface area (Å²) in [4.78, 5) is 12.1. The molecule has 32 heavy (non-hydrogen) atoms. The van der Waals surface area contributed by atoms with Crippen LogP contribution in [0.4, 0.5) is 14.5 Å². The molecule has 0 atom stereocenters. The molecule has 1 aromatic heterocycles. The van der Waals surface area contributed by atoms with Crippen LogP contribution in [0.1, 0.15) is 13.8 Å². The van der Waals surface area contributed by atoms with E-state index in [4.69, 9.17) is 4.42 Å². The zero-order chi connectivity index (χ0) is 23.3. The van der Waals surface area contributed by atoms with E-state index in [1.54, 1.807) is 26.0 Å². The number of nitrogens with one attached hydrogen (secondary N) is 1. The molecule has 0 saturated heterocycles. The number of halogens is 2. The van der Waals surface area contributed by atoms with Crippen LogP contribution in [0.3, 0.4) is 0 Å². The molecule has 0 aliphatic carbocycles. The topological polar surface area (TPSA) is 105 Å². The maximum atomic E-state index is 13.2. The number of hydrogen-bond acceptors (Lipinski definition) is 7. The molecular weight excluding hydrogens is 462 g/mol. The van der Waals surface area contributed by atoms with Gasteiger partial charge in [0.15, 0.2) is 11.6 Å². The summed E-state index contributed by atoms with van der Waals surface area (Å²) in [7, 11) is -3.65. The number of benzene rings is 2. The van der Waals surface area contributed by atoms with Gasteiger partial charge in [-0.05, 0) is 30.3 Å². The summed E-state index contributed by atoms with van der Waals surface area (Å²) >= 11 is 0.946. The van der Waals surface area contributed by atoms with Crippen molar-refractivity contribution in [1.82, 2.24) is 14.5 Å². The smallest absolute Gasteiger partial charge is 0.277 e. The van der Waals surface area contributed by atoms with Gasteiger partial charge in [-0.2, -0.15) is 4.31 Å².